The quantitative estimate of drug-likeness (QED) is 0.381. The highest BCUT2D eigenvalue weighted by atomic mass is 16.1. The highest BCUT2D eigenvalue weighted by Gasteiger charge is 2.34. The molecule has 0 fully saturated rings. The lowest BCUT2D eigenvalue weighted by atomic mass is 9.65. The summed E-state index contributed by atoms with van der Waals surface area (Å²) in [6.45, 7) is 11.8. The normalized spacial score (nSPS) is 22.1. The fourth-order valence-corrected chi connectivity index (χ4v) is 4.31. The van der Waals surface area contributed by atoms with Crippen LogP contribution < -0.4 is 16.0 Å². The summed E-state index contributed by atoms with van der Waals surface area (Å²) in [6.07, 6.45) is 14.7. The number of hydrogen-bond acceptors (Lipinski definition) is 5. The van der Waals surface area contributed by atoms with Crippen molar-refractivity contribution in [1.82, 2.24) is 9.97 Å². The van der Waals surface area contributed by atoms with E-state index in [0.29, 0.717) is 23.5 Å². The van der Waals surface area contributed by atoms with Gasteiger partial charge in [0.1, 0.15) is 12.0 Å². The topological polar surface area (TPSA) is 84.1 Å². The van der Waals surface area contributed by atoms with Crippen molar-refractivity contribution in [2.75, 3.05) is 29.5 Å². The maximum atomic E-state index is 11.7. The molecule has 31 heavy (non-hydrogen) atoms. The van der Waals surface area contributed by atoms with Gasteiger partial charge < -0.3 is 16.0 Å². The first-order valence-corrected chi connectivity index (χ1v) is 11.2. The van der Waals surface area contributed by atoms with E-state index in [1.807, 2.05) is 6.92 Å². The lowest BCUT2D eigenvalue weighted by Gasteiger charge is -2.40. The maximum absolute atomic E-state index is 11.7. The van der Waals surface area contributed by atoms with Gasteiger partial charge in [0.05, 0.1) is 0 Å². The smallest absolute Gasteiger partial charge is 0.214 e. The van der Waals surface area contributed by atoms with Gasteiger partial charge in [-0.25, -0.2) is 9.97 Å². The van der Waals surface area contributed by atoms with Crippen molar-refractivity contribution in [3.05, 3.63) is 41.3 Å². The van der Waals surface area contributed by atoms with Gasteiger partial charge in [0, 0.05) is 13.6 Å². The van der Waals surface area contributed by atoms with Crippen LogP contribution in [0.25, 0.3) is 0 Å². The van der Waals surface area contributed by atoms with E-state index in [4.69, 9.17) is 5.73 Å². The van der Waals surface area contributed by atoms with Gasteiger partial charge in [0.25, 0.3) is 0 Å². The van der Waals surface area contributed by atoms with Crippen molar-refractivity contribution in [3.63, 3.8) is 0 Å². The number of carbonyl (C=O) groups excluding carboxylic acids is 1. The van der Waals surface area contributed by atoms with Gasteiger partial charge in [-0.2, -0.15) is 0 Å². The van der Waals surface area contributed by atoms with Crippen molar-refractivity contribution < 1.29 is 4.79 Å². The molecule has 2 rings (SSSR count). The molecular formula is C25H39N5O. The molecule has 2 atom stereocenters. The molecule has 0 aromatic carbocycles. The van der Waals surface area contributed by atoms with Crippen LogP contribution in [0.15, 0.2) is 41.3 Å². The minimum atomic E-state index is 0.282. The SMILES string of the molecule is CNc1ncnc(N)c1N(C=O)C/C(C)=C/C/C=C(\C)CCC1(C)C(C)=CCCC1C. The van der Waals surface area contributed by atoms with E-state index in [1.165, 1.54) is 31.2 Å². The number of carbonyl (C=O) groups is 1. The third kappa shape index (κ3) is 6.18. The van der Waals surface area contributed by atoms with Gasteiger partial charge in [0.2, 0.25) is 6.41 Å². The minimum Gasteiger partial charge on any atom is -0.382 e. The minimum absolute atomic E-state index is 0.282. The summed E-state index contributed by atoms with van der Waals surface area (Å²) < 4.78 is 0. The van der Waals surface area contributed by atoms with Crippen LogP contribution >= 0.6 is 0 Å². The lowest BCUT2D eigenvalue weighted by Crippen LogP contribution is -2.29. The monoisotopic (exact) mass is 425 g/mol. The highest BCUT2D eigenvalue weighted by molar-refractivity contribution is 5.88. The second kappa shape index (κ2) is 11.1. The average Bonchev–Trinajstić information content (AvgIpc) is 2.74. The first-order chi connectivity index (χ1) is 14.7. The van der Waals surface area contributed by atoms with E-state index < -0.39 is 0 Å². The molecular weight excluding hydrogens is 386 g/mol. The summed E-state index contributed by atoms with van der Waals surface area (Å²) in [6, 6.07) is 0. The van der Waals surface area contributed by atoms with E-state index in [0.717, 1.165) is 30.7 Å². The van der Waals surface area contributed by atoms with Crippen LogP contribution in [0.3, 0.4) is 0 Å². The van der Waals surface area contributed by atoms with Crippen LogP contribution in [0.5, 0.6) is 0 Å². The van der Waals surface area contributed by atoms with Crippen molar-refractivity contribution in [2.24, 2.45) is 11.3 Å². The molecule has 170 valence electrons. The molecule has 1 heterocycles. The Bertz CT molecular complexity index is 857. The molecule has 1 aliphatic rings. The Morgan fingerprint density at radius 1 is 1.32 bits per heavy atom. The molecule has 6 nitrogen and oxygen atoms in total. The van der Waals surface area contributed by atoms with Crippen LogP contribution in [0.1, 0.15) is 66.7 Å². The van der Waals surface area contributed by atoms with Crippen molar-refractivity contribution in [3.8, 4) is 0 Å². The van der Waals surface area contributed by atoms with Gasteiger partial charge >= 0.3 is 0 Å². The molecule has 1 amide bonds. The van der Waals surface area contributed by atoms with Gasteiger partial charge in [-0.1, -0.05) is 48.8 Å². The first-order valence-electron chi connectivity index (χ1n) is 11.2. The van der Waals surface area contributed by atoms with Gasteiger partial charge in [0.15, 0.2) is 11.6 Å². The molecule has 0 saturated carbocycles. The summed E-state index contributed by atoms with van der Waals surface area (Å²) in [5.74, 6) is 1.56. The number of nitrogens with zero attached hydrogens (tertiary/aromatic N) is 3. The second-order valence-electron chi connectivity index (χ2n) is 9.06. The molecule has 1 aliphatic carbocycles. The molecule has 1 aromatic rings. The molecule has 0 spiro atoms. The summed E-state index contributed by atoms with van der Waals surface area (Å²) in [7, 11) is 1.75. The molecule has 1 aromatic heterocycles. The Balaban J connectivity index is 1.97. The Kier molecular flexibility index (Phi) is 8.84. The number of hydrogen-bond donors (Lipinski definition) is 2. The lowest BCUT2D eigenvalue weighted by molar-refractivity contribution is -0.107. The van der Waals surface area contributed by atoms with E-state index >= 15 is 0 Å². The summed E-state index contributed by atoms with van der Waals surface area (Å²) in [4.78, 5) is 21.4. The van der Waals surface area contributed by atoms with E-state index in [-0.39, 0.29) is 5.82 Å². The third-order valence-corrected chi connectivity index (χ3v) is 6.93. The van der Waals surface area contributed by atoms with E-state index in [1.54, 1.807) is 17.5 Å². The Hall–Kier alpha value is -2.63. The van der Waals surface area contributed by atoms with Crippen LogP contribution in [-0.2, 0) is 4.79 Å². The molecule has 2 unspecified atom stereocenters. The molecule has 6 heteroatoms. The number of allylic oxidation sites excluding steroid dienone is 5. The number of anilines is 3. The van der Waals surface area contributed by atoms with E-state index in [9.17, 15) is 4.79 Å². The van der Waals surface area contributed by atoms with Crippen molar-refractivity contribution >= 4 is 23.7 Å². The molecule has 0 aliphatic heterocycles. The maximum Gasteiger partial charge on any atom is 0.214 e. The van der Waals surface area contributed by atoms with E-state index in [2.05, 4.69) is 61.2 Å². The van der Waals surface area contributed by atoms with Crippen LogP contribution in [0.2, 0.25) is 0 Å². The van der Waals surface area contributed by atoms with Gasteiger partial charge in [-0.05, 0) is 64.2 Å². The van der Waals surface area contributed by atoms with Gasteiger partial charge in [-0.15, -0.1) is 0 Å². The highest BCUT2D eigenvalue weighted by Crippen LogP contribution is 2.45. The van der Waals surface area contributed by atoms with Crippen molar-refractivity contribution in [2.45, 2.75) is 66.7 Å². The molecule has 0 saturated heterocycles. The fraction of sp³-hybridized carbons (Fsp3) is 0.560. The van der Waals surface area contributed by atoms with Crippen LogP contribution in [0, 0.1) is 11.3 Å². The second-order valence-corrected chi connectivity index (χ2v) is 9.06. The average molecular weight is 426 g/mol. The van der Waals surface area contributed by atoms with Crippen LogP contribution in [-0.4, -0.2) is 30.0 Å². The molecule has 0 bridgehead atoms. The fourth-order valence-electron chi connectivity index (χ4n) is 4.31. The predicted molar refractivity (Wildman–Crippen MR) is 131 cm³/mol. The zero-order valence-electron chi connectivity index (χ0n) is 20.0. The zero-order chi connectivity index (χ0) is 23.0. The van der Waals surface area contributed by atoms with Crippen molar-refractivity contribution in [1.29, 1.82) is 0 Å². The Morgan fingerprint density at radius 2 is 2.03 bits per heavy atom. The number of aromatic nitrogens is 2. The zero-order valence-corrected chi connectivity index (χ0v) is 20.0. The number of nitrogens with one attached hydrogen (secondary N) is 1. The number of rotatable bonds is 10. The number of nitrogen functional groups attached to an aromatic ring is 1. The standard InChI is InChI=1S/C25H39N5O/c1-18(13-14-25(5)20(3)11-8-12-21(25)4)9-7-10-19(2)15-30(17-31)22-23(26)28-16-29-24(22)27-6/h9-11,16-17,21H,7-8,12-15H2,1-6H3,(H3,26,27,28,29)/b18-9+,19-10+. The first kappa shape index (κ1) is 24.6. The van der Waals surface area contributed by atoms with Crippen LogP contribution in [0.4, 0.5) is 17.3 Å². The predicted octanol–water partition coefficient (Wildman–Crippen LogP) is 5.51. The number of amides is 1. The largest absolute Gasteiger partial charge is 0.382 e. The Morgan fingerprint density at radius 3 is 2.68 bits per heavy atom. The summed E-state index contributed by atoms with van der Waals surface area (Å²) >= 11 is 0. The Labute approximate surface area is 187 Å². The molecule has 3 N–H and O–H groups in total. The van der Waals surface area contributed by atoms with Gasteiger partial charge in [-0.3, -0.25) is 4.79 Å². The summed E-state index contributed by atoms with van der Waals surface area (Å²) in [5.41, 5.74) is 10.9. The number of nitrogens with two attached hydrogens (primary N) is 1. The molecule has 0 radical (unpaired) electrons. The third-order valence-electron chi connectivity index (χ3n) is 6.93. The summed E-state index contributed by atoms with van der Waals surface area (Å²) in [5, 5.41) is 2.97.